The van der Waals surface area contributed by atoms with Gasteiger partial charge < -0.3 is 9.84 Å². The Balaban J connectivity index is 2.32. The molecule has 110 valence electrons. The fraction of sp³-hybridized carbons (Fsp3) is 0.615. The molecule has 1 aromatic heterocycles. The number of Topliss-reactive ketones (excluding diaryl/α,β-unsaturated/α-hetero) is 1. The van der Waals surface area contributed by atoms with E-state index < -0.39 is 29.5 Å². The monoisotopic (exact) mass is 282 g/mol. The molecule has 0 radical (unpaired) electrons. The van der Waals surface area contributed by atoms with Gasteiger partial charge in [0, 0.05) is 24.6 Å². The van der Waals surface area contributed by atoms with Gasteiger partial charge in [-0.1, -0.05) is 6.92 Å². The highest BCUT2D eigenvalue weighted by atomic mass is 16.5. The molecule has 0 spiro atoms. The Morgan fingerprint density at radius 3 is 2.85 bits per heavy atom. The summed E-state index contributed by atoms with van der Waals surface area (Å²) in [5.74, 6) is -0.421. The second-order valence-corrected chi connectivity index (χ2v) is 4.95. The summed E-state index contributed by atoms with van der Waals surface area (Å²) in [5, 5.41) is 9.29. The maximum atomic E-state index is 11.8. The molecule has 0 aromatic carbocycles. The molecule has 0 aliphatic carbocycles. The van der Waals surface area contributed by atoms with E-state index in [1.165, 1.54) is 10.8 Å². The van der Waals surface area contributed by atoms with Crippen LogP contribution in [0.25, 0.3) is 0 Å². The van der Waals surface area contributed by atoms with Crippen molar-refractivity contribution >= 4 is 5.78 Å². The van der Waals surface area contributed by atoms with Crippen molar-refractivity contribution in [3.05, 3.63) is 32.6 Å². The van der Waals surface area contributed by atoms with Crippen molar-refractivity contribution in [2.24, 2.45) is 5.92 Å². The summed E-state index contributed by atoms with van der Waals surface area (Å²) < 4.78 is 6.84. The summed E-state index contributed by atoms with van der Waals surface area (Å²) in [4.78, 5) is 37.2. The van der Waals surface area contributed by atoms with E-state index in [9.17, 15) is 19.5 Å². The molecule has 1 aliphatic heterocycles. The van der Waals surface area contributed by atoms with Crippen LogP contribution in [0.15, 0.2) is 15.8 Å². The van der Waals surface area contributed by atoms with E-state index in [1.807, 2.05) is 0 Å². The standard InChI is InChI=1S/C13H18N2O5/c1-3-9(17)8-4-11(20-10(8)6-16)15-5-7(2)12(18)14-13(15)19/h5,8,10-11,16H,3-4,6H2,1-2H3,(H,14,18,19)/t8-,10+,11+/m0/s1. The van der Waals surface area contributed by atoms with Crippen molar-refractivity contribution in [2.45, 2.75) is 39.0 Å². The minimum Gasteiger partial charge on any atom is -0.394 e. The Bertz CT molecular complexity index is 618. The van der Waals surface area contributed by atoms with Crippen LogP contribution >= 0.6 is 0 Å². The number of aliphatic hydroxyl groups is 1. The molecule has 0 amide bonds. The van der Waals surface area contributed by atoms with E-state index in [0.717, 1.165) is 0 Å². The lowest BCUT2D eigenvalue weighted by molar-refractivity contribution is -0.125. The van der Waals surface area contributed by atoms with Gasteiger partial charge in [0.2, 0.25) is 0 Å². The van der Waals surface area contributed by atoms with Crippen molar-refractivity contribution in [1.82, 2.24) is 9.55 Å². The Hall–Kier alpha value is -1.73. The zero-order chi connectivity index (χ0) is 14.9. The predicted molar refractivity (Wildman–Crippen MR) is 70.5 cm³/mol. The first-order valence-corrected chi connectivity index (χ1v) is 6.59. The number of ketones is 1. The van der Waals surface area contributed by atoms with Gasteiger partial charge in [0.25, 0.3) is 5.56 Å². The highest BCUT2D eigenvalue weighted by Gasteiger charge is 2.39. The number of rotatable bonds is 4. The molecule has 1 fully saturated rings. The molecule has 7 heteroatoms. The molecule has 7 nitrogen and oxygen atoms in total. The van der Waals surface area contributed by atoms with Gasteiger partial charge in [0.05, 0.1) is 18.6 Å². The lowest BCUT2D eigenvalue weighted by atomic mass is 9.94. The lowest BCUT2D eigenvalue weighted by Crippen LogP contribution is -2.33. The van der Waals surface area contributed by atoms with E-state index in [1.54, 1.807) is 13.8 Å². The number of aliphatic hydroxyl groups excluding tert-OH is 1. The van der Waals surface area contributed by atoms with Gasteiger partial charge in [-0.15, -0.1) is 0 Å². The minimum absolute atomic E-state index is 0.000690. The second kappa shape index (κ2) is 5.72. The van der Waals surface area contributed by atoms with Crippen molar-refractivity contribution < 1.29 is 14.6 Å². The first-order valence-electron chi connectivity index (χ1n) is 6.59. The van der Waals surface area contributed by atoms with Crippen molar-refractivity contribution in [1.29, 1.82) is 0 Å². The Kier molecular flexibility index (Phi) is 4.20. The van der Waals surface area contributed by atoms with Crippen LogP contribution in [0.5, 0.6) is 0 Å². The van der Waals surface area contributed by atoms with Crippen LogP contribution in [0.4, 0.5) is 0 Å². The highest BCUT2D eigenvalue weighted by Crippen LogP contribution is 2.33. The summed E-state index contributed by atoms with van der Waals surface area (Å²) >= 11 is 0. The van der Waals surface area contributed by atoms with E-state index in [2.05, 4.69) is 4.98 Å². The largest absolute Gasteiger partial charge is 0.394 e. The van der Waals surface area contributed by atoms with E-state index in [4.69, 9.17) is 4.74 Å². The number of H-pyrrole nitrogens is 1. The van der Waals surface area contributed by atoms with Crippen molar-refractivity contribution in [3.63, 3.8) is 0 Å². The average molecular weight is 282 g/mol. The predicted octanol–water partition coefficient (Wildman–Crippen LogP) is -0.280. The molecule has 0 unspecified atom stereocenters. The number of nitrogens with one attached hydrogen (secondary N) is 1. The van der Waals surface area contributed by atoms with Crippen LogP contribution in [-0.2, 0) is 9.53 Å². The van der Waals surface area contributed by atoms with Gasteiger partial charge in [0.15, 0.2) is 0 Å². The van der Waals surface area contributed by atoms with Crippen LogP contribution in [0.1, 0.15) is 31.6 Å². The maximum absolute atomic E-state index is 11.8. The molecule has 1 aliphatic rings. The molecule has 1 aromatic rings. The van der Waals surface area contributed by atoms with Crippen LogP contribution in [0.3, 0.4) is 0 Å². The topological polar surface area (TPSA) is 101 Å². The van der Waals surface area contributed by atoms with Gasteiger partial charge >= 0.3 is 5.69 Å². The first-order chi connectivity index (χ1) is 9.47. The van der Waals surface area contributed by atoms with Crippen LogP contribution < -0.4 is 11.2 Å². The molecule has 2 rings (SSSR count). The molecular weight excluding hydrogens is 264 g/mol. The lowest BCUT2D eigenvalue weighted by Gasteiger charge is -2.15. The number of carbonyl (C=O) groups excluding carboxylic acids is 1. The van der Waals surface area contributed by atoms with Crippen molar-refractivity contribution in [3.8, 4) is 0 Å². The normalized spacial score (nSPS) is 25.9. The molecule has 0 saturated carbocycles. The average Bonchev–Trinajstić information content (AvgIpc) is 2.85. The van der Waals surface area contributed by atoms with Gasteiger partial charge in [0.1, 0.15) is 12.0 Å². The fourth-order valence-corrected chi connectivity index (χ4v) is 2.47. The highest BCUT2D eigenvalue weighted by molar-refractivity contribution is 5.81. The second-order valence-electron chi connectivity index (χ2n) is 4.95. The number of ether oxygens (including phenoxy) is 1. The van der Waals surface area contributed by atoms with Crippen LogP contribution in [0.2, 0.25) is 0 Å². The molecule has 1 saturated heterocycles. The van der Waals surface area contributed by atoms with Gasteiger partial charge in [-0.05, 0) is 6.92 Å². The molecule has 2 heterocycles. The number of carbonyl (C=O) groups is 1. The minimum atomic E-state index is -0.643. The van der Waals surface area contributed by atoms with Gasteiger partial charge in [-0.25, -0.2) is 4.79 Å². The quantitative estimate of drug-likeness (QED) is 0.791. The Morgan fingerprint density at radius 2 is 2.25 bits per heavy atom. The SMILES string of the molecule is CCC(=O)[C@@H]1C[C@H](n2cc(C)c(=O)[nH]c2=O)O[C@@H]1CO. The van der Waals surface area contributed by atoms with Crippen molar-refractivity contribution in [2.75, 3.05) is 6.61 Å². The van der Waals surface area contributed by atoms with Crippen LogP contribution in [-0.4, -0.2) is 33.2 Å². The third kappa shape index (κ3) is 2.59. The number of nitrogens with zero attached hydrogens (tertiary/aromatic N) is 1. The van der Waals surface area contributed by atoms with E-state index >= 15 is 0 Å². The summed E-state index contributed by atoms with van der Waals surface area (Å²) in [6, 6.07) is 0. The molecule has 2 N–H and O–H groups in total. The van der Waals surface area contributed by atoms with E-state index in [0.29, 0.717) is 18.4 Å². The number of aromatic nitrogens is 2. The fourth-order valence-electron chi connectivity index (χ4n) is 2.47. The van der Waals surface area contributed by atoms with Crippen LogP contribution in [0, 0.1) is 12.8 Å². The molecule has 20 heavy (non-hydrogen) atoms. The summed E-state index contributed by atoms with van der Waals surface area (Å²) in [5.41, 5.74) is -0.630. The molecule has 3 atom stereocenters. The third-order valence-corrected chi connectivity index (χ3v) is 3.63. The van der Waals surface area contributed by atoms with E-state index in [-0.39, 0.29) is 12.4 Å². The Labute approximate surface area is 115 Å². The smallest absolute Gasteiger partial charge is 0.330 e. The third-order valence-electron chi connectivity index (χ3n) is 3.63. The summed E-state index contributed by atoms with van der Waals surface area (Å²) in [6.07, 6.45) is 0.848. The summed E-state index contributed by atoms with van der Waals surface area (Å²) in [7, 11) is 0. The maximum Gasteiger partial charge on any atom is 0.330 e. The Morgan fingerprint density at radius 1 is 1.55 bits per heavy atom. The number of aryl methyl sites for hydroxylation is 1. The molecular formula is C13H18N2O5. The molecule has 0 bridgehead atoms. The zero-order valence-electron chi connectivity index (χ0n) is 11.5. The van der Waals surface area contributed by atoms with Gasteiger partial charge in [-0.2, -0.15) is 0 Å². The number of hydrogen-bond acceptors (Lipinski definition) is 5. The summed E-state index contributed by atoms with van der Waals surface area (Å²) in [6.45, 7) is 3.06. The number of aromatic amines is 1. The van der Waals surface area contributed by atoms with Gasteiger partial charge in [-0.3, -0.25) is 19.1 Å². The zero-order valence-corrected chi connectivity index (χ0v) is 11.5. The number of hydrogen-bond donors (Lipinski definition) is 2. The first kappa shape index (κ1) is 14.7.